The molecule has 0 saturated carbocycles. The molecule has 5 nitrogen and oxygen atoms in total. The first-order chi connectivity index (χ1) is 22.1. The van der Waals surface area contributed by atoms with Crippen LogP contribution in [0.1, 0.15) is 227 Å². The molecule has 0 fully saturated rings. The molecule has 0 saturated heterocycles. The summed E-state index contributed by atoms with van der Waals surface area (Å²) in [5, 5.41) is 49.8. The van der Waals surface area contributed by atoms with E-state index in [1.54, 1.807) is 0 Å². The molecule has 0 unspecified atom stereocenters. The Morgan fingerprint density at radius 1 is 0.196 bits per heavy atom. The molecule has 46 heavy (non-hydrogen) atoms. The van der Waals surface area contributed by atoms with E-state index in [1.165, 1.54) is 128 Å². The van der Waals surface area contributed by atoms with E-state index in [1.807, 2.05) is 0 Å². The van der Waals surface area contributed by atoms with Gasteiger partial charge in [-0.3, -0.25) is 0 Å². The standard InChI is InChI=1S/5C8H17O.Nb/c5*1-2-3-4-5-6-7-8-9;/h5*2-8H2,1H3;/q5*-1;+5. The fourth-order valence-corrected chi connectivity index (χ4v) is 4.41. The fourth-order valence-electron chi connectivity index (χ4n) is 4.41. The average molecular weight is 739 g/mol. The van der Waals surface area contributed by atoms with Crippen LogP contribution in [0.4, 0.5) is 0 Å². The summed E-state index contributed by atoms with van der Waals surface area (Å²) in [4.78, 5) is 0. The number of unbranched alkanes of at least 4 members (excludes halogenated alkanes) is 25. The summed E-state index contributed by atoms with van der Waals surface area (Å²) >= 11 is 0. The summed E-state index contributed by atoms with van der Waals surface area (Å²) in [5.74, 6) is 0. The van der Waals surface area contributed by atoms with Crippen LogP contribution in [0.15, 0.2) is 0 Å². The molecule has 280 valence electrons. The van der Waals surface area contributed by atoms with Gasteiger partial charge in [-0.2, -0.15) is 0 Å². The summed E-state index contributed by atoms with van der Waals surface area (Å²) < 4.78 is 0. The maximum atomic E-state index is 9.96. The van der Waals surface area contributed by atoms with E-state index in [4.69, 9.17) is 0 Å². The molecule has 0 aliphatic carbocycles. The van der Waals surface area contributed by atoms with E-state index in [2.05, 4.69) is 34.6 Å². The van der Waals surface area contributed by atoms with E-state index < -0.39 is 0 Å². The number of rotatable bonds is 30. The molecule has 0 aromatic heterocycles. The first-order valence-electron chi connectivity index (χ1n) is 20.0. The molecular formula is C40H85NbO5. The minimum atomic E-state index is 0. The number of hydrogen-bond acceptors (Lipinski definition) is 5. The summed E-state index contributed by atoms with van der Waals surface area (Å²) in [6.45, 7) is 11.6. The van der Waals surface area contributed by atoms with Gasteiger partial charge in [0.25, 0.3) is 0 Å². The van der Waals surface area contributed by atoms with Crippen LogP contribution >= 0.6 is 0 Å². The van der Waals surface area contributed by atoms with Crippen molar-refractivity contribution in [3.63, 3.8) is 0 Å². The molecule has 0 spiro atoms. The van der Waals surface area contributed by atoms with Gasteiger partial charge in [0.15, 0.2) is 0 Å². The van der Waals surface area contributed by atoms with Crippen LogP contribution in [0.5, 0.6) is 0 Å². The maximum absolute atomic E-state index is 9.96. The monoisotopic (exact) mass is 739 g/mol. The Bertz CT molecular complexity index is 277. The van der Waals surface area contributed by atoms with Gasteiger partial charge in [0.2, 0.25) is 0 Å². The normalized spacial score (nSPS) is 9.78. The Hall–Kier alpha value is 0.540. The summed E-state index contributed by atoms with van der Waals surface area (Å²) in [6, 6.07) is 0. The van der Waals surface area contributed by atoms with Gasteiger partial charge in [-0.1, -0.05) is 227 Å². The molecule has 0 heterocycles. The quantitative estimate of drug-likeness (QED) is 0.0541. The Morgan fingerprint density at radius 3 is 0.413 bits per heavy atom. The molecule has 0 aromatic carbocycles. The molecule has 0 aliphatic rings. The van der Waals surface area contributed by atoms with Gasteiger partial charge in [-0.15, -0.1) is 33.0 Å². The van der Waals surface area contributed by atoms with E-state index >= 15 is 0 Å². The predicted octanol–water partition coefficient (Wildman–Crippen LogP) is 8.53. The smallest absolute Gasteiger partial charge is 0.854 e. The fraction of sp³-hybridized carbons (Fsp3) is 1.00. The second kappa shape index (κ2) is 71.5. The van der Waals surface area contributed by atoms with Crippen LogP contribution in [-0.4, -0.2) is 33.0 Å². The number of hydrogen-bond donors (Lipinski definition) is 0. The molecule has 0 atom stereocenters. The third-order valence-corrected chi connectivity index (χ3v) is 7.49. The SMILES string of the molecule is CCCCCCCC[O-].CCCCCCCC[O-].CCCCCCCC[O-].CCCCCCCC[O-].CCCCCCCC[O-].[Nb+5]. The maximum Gasteiger partial charge on any atom is 5.00 e. The molecule has 0 aliphatic heterocycles. The van der Waals surface area contributed by atoms with Crippen molar-refractivity contribution in [2.45, 2.75) is 227 Å². The van der Waals surface area contributed by atoms with Gasteiger partial charge in [-0.05, 0) is 0 Å². The van der Waals surface area contributed by atoms with Crippen molar-refractivity contribution in [1.29, 1.82) is 0 Å². The molecule has 0 aromatic rings. The van der Waals surface area contributed by atoms with Crippen LogP contribution in [0.2, 0.25) is 0 Å². The van der Waals surface area contributed by atoms with E-state index in [0.717, 1.165) is 64.2 Å². The molecule has 0 amide bonds. The van der Waals surface area contributed by atoms with Gasteiger partial charge in [-0.25, -0.2) is 0 Å². The first kappa shape index (κ1) is 58.7. The van der Waals surface area contributed by atoms with Gasteiger partial charge in [0, 0.05) is 0 Å². The Morgan fingerprint density at radius 2 is 0.304 bits per heavy atom. The van der Waals surface area contributed by atoms with E-state index in [9.17, 15) is 25.5 Å². The third kappa shape index (κ3) is 90.5. The van der Waals surface area contributed by atoms with Crippen molar-refractivity contribution in [3.8, 4) is 0 Å². The summed E-state index contributed by atoms with van der Waals surface area (Å²) in [5.41, 5.74) is 0. The first-order valence-corrected chi connectivity index (χ1v) is 20.0. The molecule has 0 rings (SSSR count). The zero-order valence-electron chi connectivity index (χ0n) is 32.2. The second-order valence-corrected chi connectivity index (χ2v) is 12.4. The second-order valence-electron chi connectivity index (χ2n) is 12.4. The zero-order chi connectivity index (χ0) is 34.7. The van der Waals surface area contributed by atoms with Gasteiger partial charge < -0.3 is 25.5 Å². The van der Waals surface area contributed by atoms with Crippen molar-refractivity contribution in [2.75, 3.05) is 33.0 Å². The van der Waals surface area contributed by atoms with Crippen LogP contribution in [-0.2, 0) is 22.4 Å². The Kier molecular flexibility index (Phi) is 91.3. The molecule has 6 heteroatoms. The Labute approximate surface area is 307 Å². The topological polar surface area (TPSA) is 115 Å². The van der Waals surface area contributed by atoms with Crippen LogP contribution in [0, 0.1) is 0 Å². The molecule has 0 N–H and O–H groups in total. The summed E-state index contributed by atoms with van der Waals surface area (Å²) in [7, 11) is 0. The van der Waals surface area contributed by atoms with Gasteiger partial charge in [0.1, 0.15) is 0 Å². The minimum absolute atomic E-state index is 0. The molecule has 0 bridgehead atoms. The minimum Gasteiger partial charge on any atom is -0.854 e. The van der Waals surface area contributed by atoms with Crippen molar-refractivity contribution in [3.05, 3.63) is 0 Å². The largest absolute Gasteiger partial charge is 5.00 e. The average Bonchev–Trinajstić information content (AvgIpc) is 3.06. The van der Waals surface area contributed by atoms with Crippen molar-refractivity contribution >= 4 is 0 Å². The van der Waals surface area contributed by atoms with E-state index in [0.29, 0.717) is 0 Å². The van der Waals surface area contributed by atoms with Crippen LogP contribution in [0.25, 0.3) is 0 Å². The van der Waals surface area contributed by atoms with Crippen molar-refractivity contribution in [2.24, 2.45) is 0 Å². The van der Waals surface area contributed by atoms with Crippen LogP contribution < -0.4 is 25.5 Å². The van der Waals surface area contributed by atoms with Crippen LogP contribution in [0.3, 0.4) is 0 Å². The van der Waals surface area contributed by atoms with Gasteiger partial charge >= 0.3 is 22.4 Å². The van der Waals surface area contributed by atoms with Crippen molar-refractivity contribution < 1.29 is 47.9 Å². The molecule has 0 radical (unpaired) electrons. The van der Waals surface area contributed by atoms with Crippen molar-refractivity contribution in [1.82, 2.24) is 0 Å². The van der Waals surface area contributed by atoms with E-state index in [-0.39, 0.29) is 55.4 Å². The summed E-state index contributed by atoms with van der Waals surface area (Å²) in [6.07, 6.45) is 36.1. The predicted molar refractivity (Wildman–Crippen MR) is 191 cm³/mol. The molecular weight excluding hydrogens is 653 g/mol. The third-order valence-electron chi connectivity index (χ3n) is 7.49. The van der Waals surface area contributed by atoms with Gasteiger partial charge in [0.05, 0.1) is 0 Å². The zero-order valence-corrected chi connectivity index (χ0v) is 34.4. The Balaban J connectivity index is -0.000000108.